The van der Waals surface area contributed by atoms with E-state index in [1.165, 1.54) is 23.1 Å². The fourth-order valence-electron chi connectivity index (χ4n) is 2.91. The molecule has 0 radical (unpaired) electrons. The van der Waals surface area contributed by atoms with Gasteiger partial charge < -0.3 is 9.26 Å². The molecule has 0 unspecified atom stereocenters. The molecule has 2 aromatic carbocycles. The summed E-state index contributed by atoms with van der Waals surface area (Å²) in [5, 5.41) is 3.80. The van der Waals surface area contributed by atoms with Gasteiger partial charge in [0.25, 0.3) is 15.9 Å². The summed E-state index contributed by atoms with van der Waals surface area (Å²) in [7, 11) is -3.86. The number of nitrogens with one attached hydrogen (secondary N) is 1. The van der Waals surface area contributed by atoms with E-state index in [1.807, 2.05) is 19.1 Å². The number of aryl methyl sites for hydroxylation is 2. The molecule has 0 bridgehead atoms. The van der Waals surface area contributed by atoms with E-state index in [0.717, 1.165) is 5.56 Å². The van der Waals surface area contributed by atoms with Gasteiger partial charge in [-0.3, -0.25) is 14.4 Å². The number of benzene rings is 2. The monoisotopic (exact) mass is 414 g/mol. The Balaban J connectivity index is 1.67. The van der Waals surface area contributed by atoms with E-state index in [0.29, 0.717) is 28.8 Å². The molecule has 0 fully saturated rings. The SMILES string of the molecule is Cc1ccc(NS(=O)(=O)c2ccc3c(c2)N(Cc2noc(C)n2)C(=O)CO3)cc1. The second-order valence-corrected chi connectivity index (χ2v) is 8.28. The maximum atomic E-state index is 12.8. The van der Waals surface area contributed by atoms with Crippen LogP contribution in [-0.2, 0) is 21.4 Å². The van der Waals surface area contributed by atoms with Crippen molar-refractivity contribution in [2.45, 2.75) is 25.3 Å². The summed E-state index contributed by atoms with van der Waals surface area (Å²) in [4.78, 5) is 17.9. The van der Waals surface area contributed by atoms with Crippen LogP contribution < -0.4 is 14.4 Å². The van der Waals surface area contributed by atoms with Gasteiger partial charge in [0.05, 0.1) is 17.1 Å². The first-order valence-electron chi connectivity index (χ1n) is 8.78. The molecule has 2 heterocycles. The van der Waals surface area contributed by atoms with Gasteiger partial charge in [-0.25, -0.2) is 8.42 Å². The summed E-state index contributed by atoms with van der Waals surface area (Å²) in [6, 6.07) is 11.3. The molecule has 1 amide bonds. The van der Waals surface area contributed by atoms with E-state index >= 15 is 0 Å². The lowest BCUT2D eigenvalue weighted by Crippen LogP contribution is -2.38. The quantitative estimate of drug-likeness (QED) is 0.682. The molecule has 1 N–H and O–H groups in total. The number of hydrogen-bond donors (Lipinski definition) is 1. The molecular weight excluding hydrogens is 396 g/mol. The van der Waals surface area contributed by atoms with Crippen molar-refractivity contribution in [2.24, 2.45) is 0 Å². The summed E-state index contributed by atoms with van der Waals surface area (Å²) < 4.78 is 38.6. The number of ether oxygens (including phenoxy) is 1. The number of hydrogen-bond acceptors (Lipinski definition) is 7. The number of carbonyl (C=O) groups excluding carboxylic acids is 1. The van der Waals surface area contributed by atoms with Crippen molar-refractivity contribution in [2.75, 3.05) is 16.2 Å². The normalized spacial score (nSPS) is 13.7. The standard InChI is InChI=1S/C19H18N4O5S/c1-12-3-5-14(6-4-12)22-29(25,26)15-7-8-17-16(9-15)23(19(24)11-27-17)10-18-20-13(2)28-21-18/h3-9,22H,10-11H2,1-2H3. The third kappa shape index (κ3) is 3.92. The Kier molecular flexibility index (Phi) is 4.71. The van der Waals surface area contributed by atoms with Gasteiger partial charge in [-0.15, -0.1) is 0 Å². The molecule has 0 aliphatic carbocycles. The average Bonchev–Trinajstić information content (AvgIpc) is 3.10. The van der Waals surface area contributed by atoms with Crippen LogP contribution in [0.2, 0.25) is 0 Å². The van der Waals surface area contributed by atoms with Crippen molar-refractivity contribution in [3.8, 4) is 5.75 Å². The van der Waals surface area contributed by atoms with E-state index in [2.05, 4.69) is 14.9 Å². The van der Waals surface area contributed by atoms with Crippen LogP contribution in [0.4, 0.5) is 11.4 Å². The maximum absolute atomic E-state index is 12.8. The Morgan fingerprint density at radius 2 is 1.90 bits per heavy atom. The molecule has 3 aromatic rings. The van der Waals surface area contributed by atoms with Crippen LogP contribution in [0.3, 0.4) is 0 Å². The van der Waals surface area contributed by atoms with Crippen LogP contribution in [-0.4, -0.2) is 31.1 Å². The predicted octanol–water partition coefficient (Wildman–Crippen LogP) is 2.41. The van der Waals surface area contributed by atoms with E-state index in [1.54, 1.807) is 19.1 Å². The molecule has 4 rings (SSSR count). The second kappa shape index (κ2) is 7.21. The van der Waals surface area contributed by atoms with Crippen molar-refractivity contribution < 1.29 is 22.5 Å². The largest absolute Gasteiger partial charge is 0.482 e. The van der Waals surface area contributed by atoms with Gasteiger partial charge in [0.2, 0.25) is 5.89 Å². The zero-order chi connectivity index (χ0) is 20.6. The molecule has 29 heavy (non-hydrogen) atoms. The second-order valence-electron chi connectivity index (χ2n) is 6.60. The summed E-state index contributed by atoms with van der Waals surface area (Å²) >= 11 is 0. The van der Waals surface area contributed by atoms with Crippen molar-refractivity contribution in [3.63, 3.8) is 0 Å². The minimum absolute atomic E-state index is 0.00409. The molecule has 1 aliphatic heterocycles. The molecule has 10 heteroatoms. The van der Waals surface area contributed by atoms with Gasteiger partial charge in [0.15, 0.2) is 12.4 Å². The lowest BCUT2D eigenvalue weighted by molar-refractivity contribution is -0.121. The fourth-order valence-corrected chi connectivity index (χ4v) is 3.98. The molecule has 9 nitrogen and oxygen atoms in total. The molecule has 150 valence electrons. The number of anilines is 2. The number of carbonyl (C=O) groups is 1. The smallest absolute Gasteiger partial charge is 0.265 e. The van der Waals surface area contributed by atoms with Crippen LogP contribution in [0, 0.1) is 13.8 Å². The fraction of sp³-hybridized carbons (Fsp3) is 0.211. The summed E-state index contributed by atoms with van der Waals surface area (Å²) in [6.45, 7) is 3.45. The minimum atomic E-state index is -3.86. The zero-order valence-electron chi connectivity index (χ0n) is 15.7. The number of fused-ring (bicyclic) bond motifs is 1. The number of amides is 1. The predicted molar refractivity (Wildman–Crippen MR) is 104 cm³/mol. The molecule has 1 aliphatic rings. The first-order chi connectivity index (χ1) is 13.8. The Hall–Kier alpha value is -3.40. The Bertz CT molecular complexity index is 1170. The highest BCUT2D eigenvalue weighted by Crippen LogP contribution is 2.35. The van der Waals surface area contributed by atoms with E-state index in [-0.39, 0.29) is 24.0 Å². The lowest BCUT2D eigenvalue weighted by atomic mass is 10.2. The van der Waals surface area contributed by atoms with Crippen LogP contribution >= 0.6 is 0 Å². The number of nitrogens with zero attached hydrogens (tertiary/aromatic N) is 3. The molecule has 0 saturated carbocycles. The van der Waals surface area contributed by atoms with Gasteiger partial charge in [0.1, 0.15) is 5.75 Å². The van der Waals surface area contributed by atoms with Gasteiger partial charge in [-0.1, -0.05) is 22.9 Å². The van der Waals surface area contributed by atoms with Crippen molar-refractivity contribution in [1.82, 2.24) is 10.1 Å². The summed E-state index contributed by atoms with van der Waals surface area (Å²) in [5.74, 6) is 0.759. The number of aromatic nitrogens is 2. The van der Waals surface area contributed by atoms with Gasteiger partial charge >= 0.3 is 0 Å². The Morgan fingerprint density at radius 1 is 1.14 bits per heavy atom. The highest BCUT2D eigenvalue weighted by atomic mass is 32.2. The van der Waals surface area contributed by atoms with Crippen LogP contribution in [0.5, 0.6) is 5.75 Å². The third-order valence-corrected chi connectivity index (χ3v) is 5.74. The highest BCUT2D eigenvalue weighted by Gasteiger charge is 2.29. The van der Waals surface area contributed by atoms with Gasteiger partial charge in [-0.2, -0.15) is 4.98 Å². The van der Waals surface area contributed by atoms with Gasteiger partial charge in [-0.05, 0) is 37.3 Å². The van der Waals surface area contributed by atoms with E-state index in [9.17, 15) is 13.2 Å². The van der Waals surface area contributed by atoms with E-state index < -0.39 is 10.0 Å². The molecule has 0 atom stereocenters. The topological polar surface area (TPSA) is 115 Å². The lowest BCUT2D eigenvalue weighted by Gasteiger charge is -2.28. The maximum Gasteiger partial charge on any atom is 0.265 e. The number of sulfonamides is 1. The van der Waals surface area contributed by atoms with Crippen molar-refractivity contribution >= 4 is 27.3 Å². The van der Waals surface area contributed by atoms with Crippen LogP contribution in [0.1, 0.15) is 17.3 Å². The molecular formula is C19H18N4O5S. The minimum Gasteiger partial charge on any atom is -0.482 e. The third-order valence-electron chi connectivity index (χ3n) is 4.36. The summed E-state index contributed by atoms with van der Waals surface area (Å²) in [6.07, 6.45) is 0. The Morgan fingerprint density at radius 3 is 2.59 bits per heavy atom. The van der Waals surface area contributed by atoms with Crippen molar-refractivity contribution in [1.29, 1.82) is 0 Å². The molecule has 1 aromatic heterocycles. The molecule has 0 spiro atoms. The highest BCUT2D eigenvalue weighted by molar-refractivity contribution is 7.92. The Labute approximate surface area is 167 Å². The first-order valence-corrected chi connectivity index (χ1v) is 10.3. The molecule has 0 saturated heterocycles. The average molecular weight is 414 g/mol. The van der Waals surface area contributed by atoms with E-state index in [4.69, 9.17) is 9.26 Å². The first kappa shape index (κ1) is 18.9. The van der Waals surface area contributed by atoms with Crippen LogP contribution in [0.25, 0.3) is 0 Å². The van der Waals surface area contributed by atoms with Crippen molar-refractivity contribution in [3.05, 3.63) is 59.7 Å². The zero-order valence-corrected chi connectivity index (χ0v) is 16.6. The summed E-state index contributed by atoms with van der Waals surface area (Å²) in [5.41, 5.74) is 1.79. The van der Waals surface area contributed by atoms with Gasteiger partial charge in [0, 0.05) is 12.6 Å². The number of rotatable bonds is 5. The van der Waals surface area contributed by atoms with Crippen LogP contribution in [0.15, 0.2) is 51.9 Å².